The Morgan fingerprint density at radius 2 is 0.917 bits per heavy atom. The van der Waals surface area contributed by atoms with Crippen LogP contribution in [0.5, 0.6) is 0 Å². The lowest BCUT2D eigenvalue weighted by molar-refractivity contribution is -0.414. The molecule has 142 valence electrons. The molecule has 4 N–H and O–H groups in total. The summed E-state index contributed by atoms with van der Waals surface area (Å²) in [5.41, 5.74) is 0. The Labute approximate surface area is 146 Å². The second kappa shape index (κ2) is 9.46. The summed E-state index contributed by atoms with van der Waals surface area (Å²) in [7, 11) is 0. The van der Waals surface area contributed by atoms with Crippen LogP contribution in [-0.4, -0.2) is 74.6 Å². The molecule has 0 saturated carbocycles. The highest BCUT2D eigenvalue weighted by molar-refractivity contribution is 4.83. The molecule has 0 unspecified atom stereocenters. The molecule has 0 atom stereocenters. The van der Waals surface area contributed by atoms with Gasteiger partial charge in [-0.25, -0.2) is 4.90 Å². The fourth-order valence-electron chi connectivity index (χ4n) is 3.87. The second-order valence-electron chi connectivity index (χ2n) is 7.57. The molecule has 0 aromatic rings. The molecular formula is C18H36N2O4. The first-order valence-corrected chi connectivity index (χ1v) is 9.80. The minimum absolute atomic E-state index is 0.0137. The van der Waals surface area contributed by atoms with Gasteiger partial charge in [0, 0.05) is 19.5 Å². The van der Waals surface area contributed by atoms with Gasteiger partial charge in [0.2, 0.25) is 5.79 Å². The van der Waals surface area contributed by atoms with E-state index in [9.17, 15) is 20.4 Å². The minimum Gasteiger partial charge on any atom is -0.360 e. The molecule has 3 aliphatic heterocycles. The summed E-state index contributed by atoms with van der Waals surface area (Å²) >= 11 is 0. The van der Waals surface area contributed by atoms with Crippen molar-refractivity contribution in [2.75, 3.05) is 32.7 Å². The zero-order chi connectivity index (χ0) is 17.5. The third kappa shape index (κ3) is 5.64. The fourth-order valence-corrected chi connectivity index (χ4v) is 3.87. The Kier molecular flexibility index (Phi) is 7.91. The molecule has 0 aliphatic carbocycles. The highest BCUT2D eigenvalue weighted by Gasteiger charge is 2.50. The molecule has 0 spiro atoms. The number of hydrogen-bond donors (Lipinski definition) is 4. The van der Waals surface area contributed by atoms with Crippen LogP contribution >= 0.6 is 0 Å². The summed E-state index contributed by atoms with van der Waals surface area (Å²) in [6.45, 7) is 4.33. The molecule has 3 fully saturated rings. The van der Waals surface area contributed by atoms with Crippen LogP contribution in [0.15, 0.2) is 0 Å². The van der Waals surface area contributed by atoms with E-state index in [0.717, 1.165) is 77.4 Å². The van der Waals surface area contributed by atoms with Gasteiger partial charge in [0.15, 0.2) is 0 Å². The van der Waals surface area contributed by atoms with Crippen molar-refractivity contribution in [3.63, 3.8) is 0 Å². The highest BCUT2D eigenvalue weighted by atomic mass is 16.6. The number of nitrogens with zero attached hydrogens (tertiary/aromatic N) is 2. The predicted molar refractivity (Wildman–Crippen MR) is 93.1 cm³/mol. The van der Waals surface area contributed by atoms with Gasteiger partial charge in [-0.3, -0.25) is 0 Å². The second-order valence-corrected chi connectivity index (χ2v) is 7.57. The Bertz CT molecular complexity index is 346. The van der Waals surface area contributed by atoms with Crippen LogP contribution in [0.2, 0.25) is 0 Å². The Morgan fingerprint density at radius 1 is 0.500 bits per heavy atom. The van der Waals surface area contributed by atoms with Crippen molar-refractivity contribution in [3.05, 3.63) is 0 Å². The molecule has 3 saturated heterocycles. The summed E-state index contributed by atoms with van der Waals surface area (Å²) in [4.78, 5) is 4.04. The van der Waals surface area contributed by atoms with Gasteiger partial charge in [-0.1, -0.05) is 25.7 Å². The SMILES string of the molecule is OC1(O)CCCCCCN2CCCCCN(CCCCC2)C1(O)O. The maximum absolute atomic E-state index is 10.5. The lowest BCUT2D eigenvalue weighted by Crippen LogP contribution is -2.65. The van der Waals surface area contributed by atoms with Crippen molar-refractivity contribution < 1.29 is 20.4 Å². The lowest BCUT2D eigenvalue weighted by Gasteiger charge is -2.43. The van der Waals surface area contributed by atoms with E-state index in [1.54, 1.807) is 0 Å². The van der Waals surface area contributed by atoms with Crippen molar-refractivity contribution in [2.45, 2.75) is 82.3 Å². The van der Waals surface area contributed by atoms with Crippen LogP contribution in [0.3, 0.4) is 0 Å². The van der Waals surface area contributed by atoms with Crippen molar-refractivity contribution in [1.29, 1.82) is 0 Å². The van der Waals surface area contributed by atoms with Gasteiger partial charge in [-0.2, -0.15) is 0 Å². The van der Waals surface area contributed by atoms with Crippen LogP contribution in [0.4, 0.5) is 0 Å². The average molecular weight is 344 g/mol. The monoisotopic (exact) mass is 344 g/mol. The van der Waals surface area contributed by atoms with Gasteiger partial charge in [0.1, 0.15) is 0 Å². The first kappa shape index (κ1) is 20.1. The highest BCUT2D eigenvalue weighted by Crippen LogP contribution is 2.28. The van der Waals surface area contributed by atoms with Crippen molar-refractivity contribution in [3.8, 4) is 0 Å². The van der Waals surface area contributed by atoms with Crippen molar-refractivity contribution in [1.82, 2.24) is 9.80 Å². The molecule has 0 amide bonds. The summed E-state index contributed by atoms with van der Waals surface area (Å²) in [5.74, 6) is -5.07. The van der Waals surface area contributed by atoms with Gasteiger partial charge in [-0.05, 0) is 58.2 Å². The molecule has 2 bridgehead atoms. The van der Waals surface area contributed by atoms with E-state index in [4.69, 9.17) is 0 Å². The summed E-state index contributed by atoms with van der Waals surface area (Å²) < 4.78 is 0. The number of aliphatic hydroxyl groups is 4. The molecule has 6 heteroatoms. The molecule has 3 aliphatic rings. The molecule has 0 aromatic carbocycles. The summed E-state index contributed by atoms with van der Waals surface area (Å²) in [6, 6.07) is 0. The zero-order valence-electron chi connectivity index (χ0n) is 15.0. The van der Waals surface area contributed by atoms with E-state index in [0.29, 0.717) is 19.5 Å². The van der Waals surface area contributed by atoms with E-state index >= 15 is 0 Å². The number of rotatable bonds is 0. The molecular weight excluding hydrogens is 308 g/mol. The van der Waals surface area contributed by atoms with Crippen LogP contribution < -0.4 is 0 Å². The molecule has 0 radical (unpaired) electrons. The van der Waals surface area contributed by atoms with Crippen LogP contribution in [0.1, 0.15) is 70.6 Å². The van der Waals surface area contributed by atoms with E-state index < -0.39 is 11.7 Å². The third-order valence-corrected chi connectivity index (χ3v) is 5.53. The average Bonchev–Trinajstić information content (AvgIpc) is 2.51. The van der Waals surface area contributed by atoms with Gasteiger partial charge in [-0.15, -0.1) is 0 Å². The van der Waals surface area contributed by atoms with Crippen LogP contribution in [0.25, 0.3) is 0 Å². The Balaban J connectivity index is 2.14. The van der Waals surface area contributed by atoms with Crippen LogP contribution in [-0.2, 0) is 0 Å². The molecule has 6 nitrogen and oxygen atoms in total. The van der Waals surface area contributed by atoms with E-state index in [-0.39, 0.29) is 6.42 Å². The smallest absolute Gasteiger partial charge is 0.281 e. The van der Waals surface area contributed by atoms with E-state index in [1.807, 2.05) is 0 Å². The first-order valence-electron chi connectivity index (χ1n) is 9.80. The molecule has 24 heavy (non-hydrogen) atoms. The quantitative estimate of drug-likeness (QED) is 0.495. The first-order chi connectivity index (χ1) is 11.4. The number of fused-ring (bicyclic) bond motifs is 15. The fraction of sp³-hybridized carbons (Fsp3) is 1.00. The maximum Gasteiger partial charge on any atom is 0.281 e. The van der Waals surface area contributed by atoms with Crippen LogP contribution in [0, 0.1) is 0 Å². The standard InChI is InChI=1S/C18H36N2O4/c21-17(22)11-5-1-2-6-12-19-13-7-3-9-15-20(18(17,23)24)16-10-4-8-14-19/h21-24H,1-16H2. The van der Waals surface area contributed by atoms with Gasteiger partial charge in [0.25, 0.3) is 5.91 Å². The molecule has 3 heterocycles. The number of hydrogen-bond acceptors (Lipinski definition) is 6. The van der Waals surface area contributed by atoms with E-state index in [2.05, 4.69) is 4.90 Å². The normalized spacial score (nSPS) is 33.5. The Hall–Kier alpha value is -0.240. The van der Waals surface area contributed by atoms with E-state index in [1.165, 1.54) is 4.90 Å². The summed E-state index contributed by atoms with van der Waals surface area (Å²) in [5, 5.41) is 41.6. The van der Waals surface area contributed by atoms with Crippen molar-refractivity contribution >= 4 is 0 Å². The van der Waals surface area contributed by atoms with Gasteiger partial charge < -0.3 is 25.3 Å². The maximum atomic E-state index is 10.5. The predicted octanol–water partition coefficient (Wildman–Crippen LogP) is 1.23. The molecule has 0 aromatic heterocycles. The Morgan fingerprint density at radius 3 is 1.46 bits per heavy atom. The zero-order valence-corrected chi connectivity index (χ0v) is 15.0. The minimum atomic E-state index is -2.58. The van der Waals surface area contributed by atoms with Gasteiger partial charge >= 0.3 is 0 Å². The van der Waals surface area contributed by atoms with Crippen molar-refractivity contribution in [2.24, 2.45) is 0 Å². The summed E-state index contributed by atoms with van der Waals surface area (Å²) in [6.07, 6.45) is 9.57. The molecule has 3 rings (SSSR count). The largest absolute Gasteiger partial charge is 0.360 e. The third-order valence-electron chi connectivity index (χ3n) is 5.53. The van der Waals surface area contributed by atoms with Gasteiger partial charge in [0.05, 0.1) is 0 Å². The topological polar surface area (TPSA) is 87.4 Å². The lowest BCUT2D eigenvalue weighted by atomic mass is 10.0.